The van der Waals surface area contributed by atoms with Crippen molar-refractivity contribution in [3.8, 4) is 5.88 Å². The molecule has 2 aromatic carbocycles. The molecule has 0 aliphatic heterocycles. The van der Waals surface area contributed by atoms with Gasteiger partial charge in [-0.05, 0) is 37.6 Å². The molecule has 0 saturated heterocycles. The molecule has 4 rings (SSSR count). The van der Waals surface area contributed by atoms with Gasteiger partial charge in [-0.2, -0.15) is 0 Å². The number of fused-ring (bicyclic) bond motifs is 1. The average molecular weight is 482 g/mol. The van der Waals surface area contributed by atoms with Gasteiger partial charge in [0.25, 0.3) is 6.43 Å². The van der Waals surface area contributed by atoms with Crippen LogP contribution in [0, 0.1) is 12.7 Å². The normalized spacial score (nSPS) is 11.2. The Kier molecular flexibility index (Phi) is 7.04. The van der Waals surface area contributed by atoms with Gasteiger partial charge in [0.1, 0.15) is 17.5 Å². The Morgan fingerprint density at radius 3 is 2.57 bits per heavy atom. The SMILES string of the molecule is CCc1cc(N(C)c2ccc3nc(C)nc(NCc4cccc(C(F)F)c4F)c3c2)cnc1OC. The zero-order chi connectivity index (χ0) is 25.1. The molecule has 35 heavy (non-hydrogen) atoms. The van der Waals surface area contributed by atoms with Crippen LogP contribution in [0.1, 0.15) is 35.9 Å². The van der Waals surface area contributed by atoms with Crippen LogP contribution in [0.4, 0.5) is 30.4 Å². The van der Waals surface area contributed by atoms with Crippen molar-refractivity contribution in [3.63, 3.8) is 0 Å². The maximum Gasteiger partial charge on any atom is 0.266 e. The number of aromatic nitrogens is 3. The summed E-state index contributed by atoms with van der Waals surface area (Å²) < 4.78 is 46.0. The van der Waals surface area contributed by atoms with Gasteiger partial charge in [-0.3, -0.25) is 0 Å². The summed E-state index contributed by atoms with van der Waals surface area (Å²) in [7, 11) is 3.53. The number of hydrogen-bond acceptors (Lipinski definition) is 6. The summed E-state index contributed by atoms with van der Waals surface area (Å²) in [4.78, 5) is 15.4. The highest BCUT2D eigenvalue weighted by atomic mass is 19.3. The number of rotatable bonds is 8. The van der Waals surface area contributed by atoms with Crippen LogP contribution >= 0.6 is 0 Å². The average Bonchev–Trinajstić information content (AvgIpc) is 2.86. The fourth-order valence-corrected chi connectivity index (χ4v) is 3.91. The molecule has 2 heterocycles. The minimum Gasteiger partial charge on any atom is -0.481 e. The summed E-state index contributed by atoms with van der Waals surface area (Å²) in [5.74, 6) is 0.715. The quantitative estimate of drug-likeness (QED) is 0.316. The van der Waals surface area contributed by atoms with E-state index in [0.717, 1.165) is 34.8 Å². The maximum absolute atomic E-state index is 14.5. The summed E-state index contributed by atoms with van der Waals surface area (Å²) >= 11 is 0. The van der Waals surface area contributed by atoms with E-state index in [4.69, 9.17) is 4.74 Å². The van der Waals surface area contributed by atoms with E-state index in [1.807, 2.05) is 43.1 Å². The molecule has 9 heteroatoms. The highest BCUT2D eigenvalue weighted by Gasteiger charge is 2.17. The number of aryl methyl sites for hydroxylation is 2. The molecular formula is C26H26F3N5O. The predicted octanol–water partition coefficient (Wildman–Crippen LogP) is 6.36. The maximum atomic E-state index is 14.5. The first-order valence-electron chi connectivity index (χ1n) is 11.2. The highest BCUT2D eigenvalue weighted by Crippen LogP contribution is 2.32. The van der Waals surface area contributed by atoms with E-state index in [1.165, 1.54) is 12.1 Å². The molecule has 0 aliphatic rings. The van der Waals surface area contributed by atoms with E-state index < -0.39 is 17.8 Å². The fraction of sp³-hybridized carbons (Fsp3) is 0.269. The largest absolute Gasteiger partial charge is 0.481 e. The van der Waals surface area contributed by atoms with Crippen LogP contribution in [0.15, 0.2) is 48.7 Å². The number of pyridine rings is 1. The standard InChI is InChI=1S/C26H26F3N5O/c1-5-16-11-19(14-31-26(16)35-4)34(3)18-9-10-22-21(12-18)25(33-15(2)32-22)30-13-17-7-6-8-20(23(17)27)24(28)29/h6-12,14,24H,5,13H2,1-4H3,(H,30,32,33). The van der Waals surface area contributed by atoms with E-state index in [2.05, 4.69) is 20.3 Å². The predicted molar refractivity (Wildman–Crippen MR) is 131 cm³/mol. The number of halogens is 3. The van der Waals surface area contributed by atoms with E-state index in [0.29, 0.717) is 23.0 Å². The van der Waals surface area contributed by atoms with Gasteiger partial charge in [-0.1, -0.05) is 25.1 Å². The zero-order valence-electron chi connectivity index (χ0n) is 19.9. The van der Waals surface area contributed by atoms with Crippen LogP contribution in [0.2, 0.25) is 0 Å². The lowest BCUT2D eigenvalue weighted by atomic mass is 10.1. The Morgan fingerprint density at radius 1 is 1.06 bits per heavy atom. The molecule has 0 spiro atoms. The number of anilines is 3. The van der Waals surface area contributed by atoms with Crippen molar-refractivity contribution in [2.45, 2.75) is 33.2 Å². The van der Waals surface area contributed by atoms with Crippen molar-refractivity contribution in [1.82, 2.24) is 15.0 Å². The van der Waals surface area contributed by atoms with Gasteiger partial charge in [-0.15, -0.1) is 0 Å². The fourth-order valence-electron chi connectivity index (χ4n) is 3.91. The van der Waals surface area contributed by atoms with Crippen LogP contribution in [-0.2, 0) is 13.0 Å². The number of hydrogen-bond donors (Lipinski definition) is 1. The topological polar surface area (TPSA) is 63.2 Å². The first-order valence-corrected chi connectivity index (χ1v) is 11.2. The van der Waals surface area contributed by atoms with E-state index >= 15 is 0 Å². The molecule has 0 unspecified atom stereocenters. The second kappa shape index (κ2) is 10.2. The number of nitrogens with zero attached hydrogens (tertiary/aromatic N) is 4. The van der Waals surface area contributed by atoms with Gasteiger partial charge in [-0.25, -0.2) is 28.1 Å². The van der Waals surface area contributed by atoms with E-state index in [1.54, 1.807) is 20.2 Å². The molecule has 0 fully saturated rings. The van der Waals surface area contributed by atoms with Crippen LogP contribution in [0.25, 0.3) is 10.9 Å². The van der Waals surface area contributed by atoms with Gasteiger partial charge in [0.2, 0.25) is 5.88 Å². The molecule has 2 aromatic heterocycles. The van der Waals surface area contributed by atoms with Crippen molar-refractivity contribution >= 4 is 28.1 Å². The van der Waals surface area contributed by atoms with E-state index in [-0.39, 0.29) is 12.1 Å². The smallest absolute Gasteiger partial charge is 0.266 e. The third-order valence-electron chi connectivity index (χ3n) is 5.84. The number of alkyl halides is 2. The van der Waals surface area contributed by atoms with Crippen LogP contribution in [0.3, 0.4) is 0 Å². The Hall–Kier alpha value is -3.88. The Balaban J connectivity index is 1.68. The van der Waals surface area contributed by atoms with Crippen molar-refractivity contribution in [2.24, 2.45) is 0 Å². The zero-order valence-corrected chi connectivity index (χ0v) is 19.9. The monoisotopic (exact) mass is 481 g/mol. The number of ether oxygens (including phenoxy) is 1. The van der Waals surface area contributed by atoms with Gasteiger partial charge in [0, 0.05) is 35.8 Å². The Bertz CT molecular complexity index is 1360. The van der Waals surface area contributed by atoms with Crippen LogP contribution in [0.5, 0.6) is 5.88 Å². The second-order valence-electron chi connectivity index (χ2n) is 8.07. The minimum atomic E-state index is -2.88. The molecule has 182 valence electrons. The summed E-state index contributed by atoms with van der Waals surface area (Å²) in [6.07, 6.45) is -0.359. The van der Waals surface area contributed by atoms with Crippen molar-refractivity contribution < 1.29 is 17.9 Å². The second-order valence-corrected chi connectivity index (χ2v) is 8.07. The Labute approximate surface area is 201 Å². The number of benzene rings is 2. The number of methoxy groups -OCH3 is 1. The lowest BCUT2D eigenvalue weighted by molar-refractivity contribution is 0.146. The number of nitrogens with one attached hydrogen (secondary N) is 1. The minimum absolute atomic E-state index is 0.000271. The van der Waals surface area contributed by atoms with Crippen molar-refractivity contribution in [3.05, 3.63) is 77.0 Å². The lowest BCUT2D eigenvalue weighted by Crippen LogP contribution is -2.11. The van der Waals surface area contributed by atoms with Crippen LogP contribution in [-0.4, -0.2) is 29.1 Å². The van der Waals surface area contributed by atoms with Gasteiger partial charge in [0.15, 0.2) is 0 Å². The molecule has 0 atom stereocenters. The molecule has 0 aliphatic carbocycles. The first-order chi connectivity index (χ1) is 16.8. The summed E-state index contributed by atoms with van der Waals surface area (Å²) in [5, 5.41) is 3.83. The molecule has 0 amide bonds. The first kappa shape index (κ1) is 24.3. The molecule has 0 saturated carbocycles. The molecule has 0 bridgehead atoms. The molecular weight excluding hydrogens is 455 g/mol. The lowest BCUT2D eigenvalue weighted by Gasteiger charge is -2.21. The van der Waals surface area contributed by atoms with Crippen molar-refractivity contribution in [1.29, 1.82) is 0 Å². The van der Waals surface area contributed by atoms with Crippen molar-refractivity contribution in [2.75, 3.05) is 24.4 Å². The third kappa shape index (κ3) is 4.99. The summed E-state index contributed by atoms with van der Waals surface area (Å²) in [5.41, 5.74) is 2.98. The highest BCUT2D eigenvalue weighted by molar-refractivity contribution is 5.92. The van der Waals surface area contributed by atoms with Crippen LogP contribution < -0.4 is 15.0 Å². The van der Waals surface area contributed by atoms with Gasteiger partial charge < -0.3 is 15.0 Å². The summed E-state index contributed by atoms with van der Waals surface area (Å²) in [6.45, 7) is 3.80. The molecule has 4 aromatic rings. The summed E-state index contributed by atoms with van der Waals surface area (Å²) in [6, 6.07) is 11.8. The van der Waals surface area contributed by atoms with Gasteiger partial charge in [0.05, 0.1) is 30.1 Å². The Morgan fingerprint density at radius 2 is 1.86 bits per heavy atom. The molecule has 0 radical (unpaired) electrons. The molecule has 1 N–H and O–H groups in total. The molecule has 6 nitrogen and oxygen atoms in total. The van der Waals surface area contributed by atoms with E-state index in [9.17, 15) is 13.2 Å². The third-order valence-corrected chi connectivity index (χ3v) is 5.84. The van der Waals surface area contributed by atoms with Gasteiger partial charge >= 0.3 is 0 Å².